The Morgan fingerprint density at radius 2 is 2.24 bits per heavy atom. The Bertz CT molecular complexity index is 532. The Kier molecular flexibility index (Phi) is 3.05. The third-order valence-electron chi connectivity index (χ3n) is 1.98. The quantitative estimate of drug-likeness (QED) is 0.824. The number of rotatable bonds is 2. The molecule has 0 spiro atoms. The average molecular weight is 298 g/mol. The van der Waals surface area contributed by atoms with Crippen LogP contribution in [0.5, 0.6) is 0 Å². The highest BCUT2D eigenvalue weighted by Crippen LogP contribution is 2.18. The first-order valence-corrected chi connectivity index (χ1v) is 5.34. The van der Waals surface area contributed by atoms with E-state index in [2.05, 4.69) is 36.0 Å². The van der Waals surface area contributed by atoms with Gasteiger partial charge in [0.05, 0.1) is 11.6 Å². The van der Waals surface area contributed by atoms with E-state index in [0.29, 0.717) is 16.1 Å². The van der Waals surface area contributed by atoms with Crippen molar-refractivity contribution in [2.45, 2.75) is 0 Å². The Morgan fingerprint density at radius 3 is 2.71 bits per heavy atom. The topological polar surface area (TPSA) is 95.9 Å². The van der Waals surface area contributed by atoms with Crippen LogP contribution in [0, 0.1) is 0 Å². The molecule has 0 saturated heterocycles. The zero-order valence-electron chi connectivity index (χ0n) is 8.79. The highest BCUT2D eigenvalue weighted by molar-refractivity contribution is 9.10. The SMILES string of the molecule is COC(=O)c1ccc(-n2cc(Br)c(N)n2)nn1. The van der Waals surface area contributed by atoms with E-state index in [1.165, 1.54) is 17.9 Å². The van der Waals surface area contributed by atoms with E-state index in [4.69, 9.17) is 5.73 Å². The number of hydrogen-bond acceptors (Lipinski definition) is 6. The van der Waals surface area contributed by atoms with Crippen molar-refractivity contribution < 1.29 is 9.53 Å². The largest absolute Gasteiger partial charge is 0.464 e. The van der Waals surface area contributed by atoms with Gasteiger partial charge in [-0.1, -0.05) is 0 Å². The fourth-order valence-electron chi connectivity index (χ4n) is 1.14. The van der Waals surface area contributed by atoms with Crippen molar-refractivity contribution >= 4 is 27.7 Å². The lowest BCUT2D eigenvalue weighted by molar-refractivity contribution is 0.0592. The van der Waals surface area contributed by atoms with Gasteiger partial charge < -0.3 is 10.5 Å². The van der Waals surface area contributed by atoms with Crippen LogP contribution < -0.4 is 5.73 Å². The molecule has 0 aliphatic heterocycles. The highest BCUT2D eigenvalue weighted by atomic mass is 79.9. The second-order valence-electron chi connectivity index (χ2n) is 3.08. The zero-order chi connectivity index (χ0) is 12.4. The lowest BCUT2D eigenvalue weighted by Gasteiger charge is -2.00. The summed E-state index contributed by atoms with van der Waals surface area (Å²) < 4.78 is 6.63. The predicted octanol–water partition coefficient (Wildman–Crippen LogP) is 0.794. The third-order valence-corrected chi connectivity index (χ3v) is 2.59. The number of anilines is 1. The van der Waals surface area contributed by atoms with Crippen molar-refractivity contribution in [2.75, 3.05) is 12.8 Å². The smallest absolute Gasteiger partial charge is 0.358 e. The van der Waals surface area contributed by atoms with Crippen LogP contribution in [0.1, 0.15) is 10.5 Å². The maximum absolute atomic E-state index is 11.1. The minimum atomic E-state index is -0.537. The number of aromatic nitrogens is 4. The molecule has 2 aromatic rings. The summed E-state index contributed by atoms with van der Waals surface area (Å²) >= 11 is 3.23. The second-order valence-corrected chi connectivity index (χ2v) is 3.93. The fourth-order valence-corrected chi connectivity index (χ4v) is 1.42. The number of nitrogen functional groups attached to an aromatic ring is 1. The van der Waals surface area contributed by atoms with Gasteiger partial charge in [-0.3, -0.25) is 0 Å². The lowest BCUT2D eigenvalue weighted by atomic mass is 10.4. The van der Waals surface area contributed by atoms with Gasteiger partial charge in [-0.2, -0.15) is 0 Å². The molecular weight excluding hydrogens is 290 g/mol. The van der Waals surface area contributed by atoms with E-state index in [1.54, 1.807) is 12.3 Å². The van der Waals surface area contributed by atoms with Gasteiger partial charge in [0.1, 0.15) is 0 Å². The summed E-state index contributed by atoms with van der Waals surface area (Å²) in [5.41, 5.74) is 5.71. The van der Waals surface area contributed by atoms with Gasteiger partial charge in [-0.05, 0) is 28.1 Å². The standard InChI is InChI=1S/C9H8BrN5O2/c1-17-9(16)6-2-3-7(13-12-6)15-4-5(10)8(11)14-15/h2-4H,1H3,(H2,11,14). The van der Waals surface area contributed by atoms with E-state index >= 15 is 0 Å². The number of halogens is 1. The molecule has 0 saturated carbocycles. The van der Waals surface area contributed by atoms with Crippen molar-refractivity contribution in [1.29, 1.82) is 0 Å². The Hall–Kier alpha value is -1.96. The first kappa shape index (κ1) is 11.5. The molecule has 0 radical (unpaired) electrons. The number of esters is 1. The molecule has 88 valence electrons. The van der Waals surface area contributed by atoms with Gasteiger partial charge in [0.2, 0.25) is 0 Å². The van der Waals surface area contributed by atoms with E-state index in [-0.39, 0.29) is 5.69 Å². The molecule has 0 aliphatic rings. The lowest BCUT2D eigenvalue weighted by Crippen LogP contribution is -2.08. The van der Waals surface area contributed by atoms with E-state index in [1.807, 2.05) is 0 Å². The molecular formula is C9H8BrN5O2. The van der Waals surface area contributed by atoms with Crippen LogP contribution >= 0.6 is 15.9 Å². The minimum absolute atomic E-state index is 0.135. The van der Waals surface area contributed by atoms with E-state index in [9.17, 15) is 4.79 Å². The molecule has 0 aromatic carbocycles. The third kappa shape index (κ3) is 2.26. The van der Waals surface area contributed by atoms with Crippen LogP contribution in [0.25, 0.3) is 5.82 Å². The van der Waals surface area contributed by atoms with Crippen molar-refractivity contribution in [3.63, 3.8) is 0 Å². The summed E-state index contributed by atoms with van der Waals surface area (Å²) in [5.74, 6) is 0.268. The summed E-state index contributed by atoms with van der Waals surface area (Å²) in [6.07, 6.45) is 1.65. The van der Waals surface area contributed by atoms with Gasteiger partial charge >= 0.3 is 5.97 Å². The molecule has 2 rings (SSSR count). The summed E-state index contributed by atoms with van der Waals surface area (Å²) in [6, 6.07) is 3.10. The summed E-state index contributed by atoms with van der Waals surface area (Å²) in [6.45, 7) is 0. The van der Waals surface area contributed by atoms with E-state index < -0.39 is 5.97 Å². The molecule has 2 heterocycles. The first-order valence-electron chi connectivity index (χ1n) is 4.55. The van der Waals surface area contributed by atoms with Crippen LogP contribution in [0.3, 0.4) is 0 Å². The van der Waals surface area contributed by atoms with Crippen LogP contribution in [-0.2, 0) is 4.74 Å². The number of carbonyl (C=O) groups is 1. The molecule has 0 aliphatic carbocycles. The van der Waals surface area contributed by atoms with Gasteiger partial charge in [-0.25, -0.2) is 9.48 Å². The molecule has 2 aromatic heterocycles. The van der Waals surface area contributed by atoms with Crippen molar-refractivity contribution in [1.82, 2.24) is 20.0 Å². The Balaban J connectivity index is 2.32. The van der Waals surface area contributed by atoms with Gasteiger partial charge in [0.15, 0.2) is 17.3 Å². The monoisotopic (exact) mass is 297 g/mol. The molecule has 0 atom stereocenters. The minimum Gasteiger partial charge on any atom is -0.464 e. The summed E-state index contributed by atoms with van der Waals surface area (Å²) in [5, 5.41) is 11.6. The molecule has 0 bridgehead atoms. The van der Waals surface area contributed by atoms with Crippen LogP contribution in [0.4, 0.5) is 5.82 Å². The molecule has 0 unspecified atom stereocenters. The van der Waals surface area contributed by atoms with Gasteiger partial charge in [0, 0.05) is 6.20 Å². The van der Waals surface area contributed by atoms with Crippen LogP contribution in [0.2, 0.25) is 0 Å². The molecule has 17 heavy (non-hydrogen) atoms. The maximum atomic E-state index is 11.1. The predicted molar refractivity (Wildman–Crippen MR) is 62.6 cm³/mol. The van der Waals surface area contributed by atoms with Crippen LogP contribution in [0.15, 0.2) is 22.8 Å². The highest BCUT2D eigenvalue weighted by Gasteiger charge is 2.10. The number of nitrogens with two attached hydrogens (primary N) is 1. The molecule has 7 nitrogen and oxygen atoms in total. The molecule has 8 heteroatoms. The zero-order valence-corrected chi connectivity index (χ0v) is 10.4. The molecule has 2 N–H and O–H groups in total. The fraction of sp³-hybridized carbons (Fsp3) is 0.111. The molecule has 0 fully saturated rings. The summed E-state index contributed by atoms with van der Waals surface area (Å²) in [7, 11) is 1.28. The normalized spacial score (nSPS) is 10.2. The van der Waals surface area contributed by atoms with Crippen molar-refractivity contribution in [2.24, 2.45) is 0 Å². The number of nitrogens with zero attached hydrogens (tertiary/aromatic N) is 4. The van der Waals surface area contributed by atoms with Crippen molar-refractivity contribution in [3.05, 3.63) is 28.5 Å². The first-order chi connectivity index (χ1) is 8.11. The number of methoxy groups -OCH3 is 1. The summed E-state index contributed by atoms with van der Waals surface area (Å²) in [4.78, 5) is 11.1. The number of hydrogen-bond donors (Lipinski definition) is 1. The Labute approximate surface area is 105 Å². The van der Waals surface area contributed by atoms with Crippen molar-refractivity contribution in [3.8, 4) is 5.82 Å². The average Bonchev–Trinajstić information content (AvgIpc) is 2.69. The number of carbonyl (C=O) groups excluding carboxylic acids is 1. The molecule has 0 amide bonds. The maximum Gasteiger partial charge on any atom is 0.358 e. The van der Waals surface area contributed by atoms with Gasteiger partial charge in [-0.15, -0.1) is 15.3 Å². The van der Waals surface area contributed by atoms with Gasteiger partial charge in [0.25, 0.3) is 0 Å². The van der Waals surface area contributed by atoms with E-state index in [0.717, 1.165) is 0 Å². The van der Waals surface area contributed by atoms with Crippen LogP contribution in [-0.4, -0.2) is 33.1 Å². The Morgan fingerprint density at radius 1 is 1.47 bits per heavy atom. The number of ether oxygens (including phenoxy) is 1. The second kappa shape index (κ2) is 4.50.